The first-order valence-corrected chi connectivity index (χ1v) is 7.36. The van der Waals surface area contributed by atoms with Crippen LogP contribution in [0.4, 0.5) is 8.78 Å². The number of hydrogen-bond acceptors (Lipinski definition) is 3. The van der Waals surface area contributed by atoms with E-state index >= 15 is 0 Å². The van der Waals surface area contributed by atoms with E-state index in [1.807, 2.05) is 16.8 Å². The molecule has 0 radical (unpaired) electrons. The molecule has 0 saturated carbocycles. The Kier molecular flexibility index (Phi) is 5.04. The molecule has 0 fully saturated rings. The van der Waals surface area contributed by atoms with Gasteiger partial charge in [0.25, 0.3) is 0 Å². The molecule has 2 N–H and O–H groups in total. The third-order valence-corrected chi connectivity index (χ3v) is 4.02. The predicted octanol–water partition coefficient (Wildman–Crippen LogP) is 3.61. The number of halogens is 3. The van der Waals surface area contributed by atoms with Crippen LogP contribution in [0.1, 0.15) is 17.2 Å². The van der Waals surface area contributed by atoms with Crippen molar-refractivity contribution in [1.29, 1.82) is 0 Å². The molecule has 19 heavy (non-hydrogen) atoms. The molecule has 1 aromatic heterocycles. The minimum atomic E-state index is -0.676. The molecular formula is C13H12BrF2NOS. The second-order valence-electron chi connectivity index (χ2n) is 4.03. The molecule has 0 aliphatic rings. The maximum absolute atomic E-state index is 13.7. The van der Waals surface area contributed by atoms with Crippen LogP contribution in [-0.4, -0.2) is 11.7 Å². The topological polar surface area (TPSA) is 32.3 Å². The maximum atomic E-state index is 13.7. The highest BCUT2D eigenvalue weighted by Crippen LogP contribution is 2.21. The zero-order valence-corrected chi connectivity index (χ0v) is 12.3. The normalized spacial score (nSPS) is 12.6. The molecule has 2 rings (SSSR count). The average molecular weight is 348 g/mol. The smallest absolute Gasteiger partial charge is 0.144 e. The van der Waals surface area contributed by atoms with E-state index in [0.29, 0.717) is 0 Å². The molecular weight excluding hydrogens is 336 g/mol. The lowest BCUT2D eigenvalue weighted by molar-refractivity contribution is 0.174. The van der Waals surface area contributed by atoms with Gasteiger partial charge < -0.3 is 10.4 Å². The largest absolute Gasteiger partial charge is 0.387 e. The third kappa shape index (κ3) is 3.60. The number of hydrogen-bond donors (Lipinski definition) is 2. The zero-order valence-electron chi connectivity index (χ0n) is 9.87. The van der Waals surface area contributed by atoms with E-state index in [1.54, 1.807) is 0 Å². The van der Waals surface area contributed by atoms with Gasteiger partial charge in [0.2, 0.25) is 0 Å². The Morgan fingerprint density at radius 3 is 2.79 bits per heavy atom. The lowest BCUT2D eigenvalue weighted by Gasteiger charge is -2.12. The number of rotatable bonds is 5. The number of aliphatic hydroxyl groups is 1. The van der Waals surface area contributed by atoms with Crippen molar-refractivity contribution in [1.82, 2.24) is 5.32 Å². The van der Waals surface area contributed by atoms with Gasteiger partial charge in [0.15, 0.2) is 0 Å². The predicted molar refractivity (Wildman–Crippen MR) is 75.0 cm³/mol. The van der Waals surface area contributed by atoms with E-state index in [0.717, 1.165) is 5.56 Å². The van der Waals surface area contributed by atoms with Gasteiger partial charge >= 0.3 is 0 Å². The molecule has 0 aliphatic carbocycles. The van der Waals surface area contributed by atoms with Crippen molar-refractivity contribution < 1.29 is 13.9 Å². The summed E-state index contributed by atoms with van der Waals surface area (Å²) >= 11 is 4.51. The Hall–Kier alpha value is -0.820. The molecule has 102 valence electrons. The van der Waals surface area contributed by atoms with Crippen LogP contribution in [0.2, 0.25) is 0 Å². The Morgan fingerprint density at radius 2 is 2.11 bits per heavy atom. The standard InChI is InChI=1S/C13H12BrF2NOS/c14-10-1-2-11(15)9(13(10)16)5-17-6-12(18)8-3-4-19-7-8/h1-4,7,12,17-18H,5-6H2. The molecule has 2 nitrogen and oxygen atoms in total. The molecule has 0 bridgehead atoms. The number of thiophene rings is 1. The van der Waals surface area contributed by atoms with Crippen LogP contribution in [0.5, 0.6) is 0 Å². The lowest BCUT2D eigenvalue weighted by Crippen LogP contribution is -2.22. The number of nitrogens with one attached hydrogen (secondary N) is 1. The highest BCUT2D eigenvalue weighted by atomic mass is 79.9. The Labute approximate surface area is 122 Å². The molecule has 2 aromatic rings. The fraction of sp³-hybridized carbons (Fsp3) is 0.231. The summed E-state index contributed by atoms with van der Waals surface area (Å²) < 4.78 is 27.4. The van der Waals surface area contributed by atoms with E-state index in [2.05, 4.69) is 21.2 Å². The number of benzene rings is 1. The minimum absolute atomic E-state index is 0.0261. The Balaban J connectivity index is 1.95. The highest BCUT2D eigenvalue weighted by molar-refractivity contribution is 9.10. The minimum Gasteiger partial charge on any atom is -0.387 e. The van der Waals surface area contributed by atoms with Crippen molar-refractivity contribution >= 4 is 27.3 Å². The fourth-order valence-electron chi connectivity index (χ4n) is 1.65. The van der Waals surface area contributed by atoms with Crippen molar-refractivity contribution in [2.45, 2.75) is 12.6 Å². The van der Waals surface area contributed by atoms with E-state index in [9.17, 15) is 13.9 Å². The zero-order chi connectivity index (χ0) is 13.8. The van der Waals surface area contributed by atoms with Gasteiger partial charge in [-0.3, -0.25) is 0 Å². The molecule has 1 aromatic carbocycles. The highest BCUT2D eigenvalue weighted by Gasteiger charge is 2.13. The van der Waals surface area contributed by atoms with Crippen molar-refractivity contribution in [3.63, 3.8) is 0 Å². The molecule has 1 atom stereocenters. The first-order chi connectivity index (χ1) is 9.09. The van der Waals surface area contributed by atoms with Gasteiger partial charge in [-0.1, -0.05) is 0 Å². The summed E-state index contributed by atoms with van der Waals surface area (Å²) in [5, 5.41) is 16.4. The van der Waals surface area contributed by atoms with Gasteiger partial charge in [-0.2, -0.15) is 11.3 Å². The van der Waals surface area contributed by atoms with Gasteiger partial charge in [-0.05, 0) is 50.5 Å². The monoisotopic (exact) mass is 347 g/mol. The molecule has 0 spiro atoms. The van der Waals surface area contributed by atoms with Crippen LogP contribution in [0.25, 0.3) is 0 Å². The van der Waals surface area contributed by atoms with Gasteiger partial charge in [-0.15, -0.1) is 0 Å². The maximum Gasteiger partial charge on any atom is 0.144 e. The third-order valence-electron chi connectivity index (χ3n) is 2.71. The Morgan fingerprint density at radius 1 is 1.32 bits per heavy atom. The van der Waals surface area contributed by atoms with Gasteiger partial charge in [0.1, 0.15) is 11.6 Å². The molecule has 0 aliphatic heterocycles. The summed E-state index contributed by atoms with van der Waals surface area (Å²) in [6.07, 6.45) is -0.676. The second-order valence-corrected chi connectivity index (χ2v) is 5.66. The fourth-order valence-corrected chi connectivity index (χ4v) is 2.73. The van der Waals surface area contributed by atoms with Crippen LogP contribution in [0, 0.1) is 11.6 Å². The molecule has 6 heteroatoms. The molecule has 1 heterocycles. The van der Waals surface area contributed by atoms with Crippen LogP contribution >= 0.6 is 27.3 Å². The number of aliphatic hydroxyl groups excluding tert-OH is 1. The first kappa shape index (κ1) is 14.6. The average Bonchev–Trinajstić information content (AvgIpc) is 2.92. The first-order valence-electron chi connectivity index (χ1n) is 5.63. The van der Waals surface area contributed by atoms with E-state index in [1.165, 1.54) is 23.5 Å². The molecule has 0 amide bonds. The van der Waals surface area contributed by atoms with Crippen LogP contribution < -0.4 is 5.32 Å². The van der Waals surface area contributed by atoms with Crippen molar-refractivity contribution in [2.24, 2.45) is 0 Å². The summed E-state index contributed by atoms with van der Waals surface area (Å²) in [5.74, 6) is -1.21. The lowest BCUT2D eigenvalue weighted by atomic mass is 10.1. The van der Waals surface area contributed by atoms with Crippen molar-refractivity contribution in [3.8, 4) is 0 Å². The van der Waals surface area contributed by atoms with Crippen LogP contribution in [0.15, 0.2) is 33.4 Å². The van der Waals surface area contributed by atoms with Gasteiger partial charge in [-0.25, -0.2) is 8.78 Å². The summed E-state index contributed by atoms with van der Waals surface area (Å²) in [7, 11) is 0. The van der Waals surface area contributed by atoms with Crippen LogP contribution in [-0.2, 0) is 6.54 Å². The molecule has 1 unspecified atom stereocenters. The van der Waals surface area contributed by atoms with Gasteiger partial charge in [0, 0.05) is 18.7 Å². The van der Waals surface area contributed by atoms with E-state index < -0.39 is 17.7 Å². The van der Waals surface area contributed by atoms with Crippen LogP contribution in [0.3, 0.4) is 0 Å². The summed E-state index contributed by atoms with van der Waals surface area (Å²) in [6, 6.07) is 4.35. The summed E-state index contributed by atoms with van der Waals surface area (Å²) in [5.41, 5.74) is 0.763. The summed E-state index contributed by atoms with van der Waals surface area (Å²) in [6.45, 7) is 0.264. The van der Waals surface area contributed by atoms with Crippen molar-refractivity contribution in [2.75, 3.05) is 6.54 Å². The molecule has 0 saturated heterocycles. The van der Waals surface area contributed by atoms with Gasteiger partial charge in [0.05, 0.1) is 10.6 Å². The van der Waals surface area contributed by atoms with E-state index in [-0.39, 0.29) is 23.1 Å². The van der Waals surface area contributed by atoms with E-state index in [4.69, 9.17) is 0 Å². The Bertz CT molecular complexity index is 548. The second kappa shape index (κ2) is 6.56. The quantitative estimate of drug-likeness (QED) is 0.809. The summed E-state index contributed by atoms with van der Waals surface area (Å²) in [4.78, 5) is 0. The van der Waals surface area contributed by atoms with Crippen molar-refractivity contribution in [3.05, 3.63) is 56.2 Å². The SMILES string of the molecule is OC(CNCc1c(F)ccc(Br)c1F)c1ccsc1.